The van der Waals surface area contributed by atoms with Crippen LogP contribution in [0.2, 0.25) is 0 Å². The quantitative estimate of drug-likeness (QED) is 0.823. The molecule has 1 nitrogen and oxygen atoms in total. The van der Waals surface area contributed by atoms with Gasteiger partial charge in [0.05, 0.1) is 0 Å². The standard InChI is InChI=1S/C16H25N/c1-11-9-12(2)15-14(10-11)13(6-8-17)5-7-16(15,3)4/h9-10,13H,5-8,17H2,1-4H3. The topological polar surface area (TPSA) is 26.0 Å². The van der Waals surface area contributed by atoms with Crippen molar-refractivity contribution < 1.29 is 0 Å². The van der Waals surface area contributed by atoms with Gasteiger partial charge in [0.2, 0.25) is 0 Å². The van der Waals surface area contributed by atoms with Crippen molar-refractivity contribution >= 4 is 0 Å². The highest BCUT2D eigenvalue weighted by atomic mass is 14.5. The lowest BCUT2D eigenvalue weighted by molar-refractivity contribution is 0.381. The molecule has 1 aliphatic rings. The second-order valence-corrected chi connectivity index (χ2v) is 6.24. The maximum atomic E-state index is 5.76. The average molecular weight is 231 g/mol. The van der Waals surface area contributed by atoms with Gasteiger partial charge in [0.25, 0.3) is 0 Å². The van der Waals surface area contributed by atoms with Crippen molar-refractivity contribution in [3.63, 3.8) is 0 Å². The summed E-state index contributed by atoms with van der Waals surface area (Å²) in [6.45, 7) is 10.0. The first-order chi connectivity index (χ1) is 7.95. The van der Waals surface area contributed by atoms with E-state index in [1.165, 1.54) is 24.0 Å². The van der Waals surface area contributed by atoms with E-state index in [-0.39, 0.29) is 0 Å². The minimum Gasteiger partial charge on any atom is -0.330 e. The van der Waals surface area contributed by atoms with Gasteiger partial charge in [0, 0.05) is 0 Å². The molecule has 0 heterocycles. The van der Waals surface area contributed by atoms with Crippen molar-refractivity contribution in [2.45, 2.75) is 58.3 Å². The maximum Gasteiger partial charge on any atom is -0.00714 e. The zero-order chi connectivity index (χ0) is 12.6. The Morgan fingerprint density at radius 1 is 1.29 bits per heavy atom. The normalized spacial score (nSPS) is 22.3. The molecule has 1 atom stereocenters. The molecule has 0 spiro atoms. The molecule has 0 saturated carbocycles. The molecule has 1 aromatic rings. The zero-order valence-corrected chi connectivity index (χ0v) is 11.6. The Morgan fingerprint density at radius 2 is 2.00 bits per heavy atom. The third-order valence-electron chi connectivity index (χ3n) is 4.26. The number of hydrogen-bond donors (Lipinski definition) is 1. The van der Waals surface area contributed by atoms with Crippen LogP contribution in [0.25, 0.3) is 0 Å². The van der Waals surface area contributed by atoms with Crippen LogP contribution in [0.1, 0.15) is 61.3 Å². The molecule has 0 bridgehead atoms. The van der Waals surface area contributed by atoms with Crippen LogP contribution in [0.15, 0.2) is 12.1 Å². The highest BCUT2D eigenvalue weighted by molar-refractivity contribution is 5.46. The molecule has 1 aromatic carbocycles. The molecule has 94 valence electrons. The Bertz CT molecular complexity index is 418. The number of benzene rings is 1. The van der Waals surface area contributed by atoms with Gasteiger partial charge in [-0.05, 0) is 67.7 Å². The first kappa shape index (κ1) is 12.6. The molecule has 0 radical (unpaired) electrons. The van der Waals surface area contributed by atoms with Gasteiger partial charge in [0.15, 0.2) is 0 Å². The molecule has 1 heteroatoms. The van der Waals surface area contributed by atoms with Gasteiger partial charge in [-0.3, -0.25) is 0 Å². The molecule has 17 heavy (non-hydrogen) atoms. The van der Waals surface area contributed by atoms with Gasteiger partial charge >= 0.3 is 0 Å². The van der Waals surface area contributed by atoms with E-state index in [9.17, 15) is 0 Å². The summed E-state index contributed by atoms with van der Waals surface area (Å²) in [7, 11) is 0. The highest BCUT2D eigenvalue weighted by Crippen LogP contribution is 2.45. The van der Waals surface area contributed by atoms with E-state index in [1.54, 1.807) is 11.1 Å². The van der Waals surface area contributed by atoms with Crippen molar-refractivity contribution in [3.8, 4) is 0 Å². The molecule has 1 unspecified atom stereocenters. The van der Waals surface area contributed by atoms with Crippen LogP contribution in [0.5, 0.6) is 0 Å². The fourth-order valence-electron chi connectivity index (χ4n) is 3.56. The Labute approximate surface area is 105 Å². The summed E-state index contributed by atoms with van der Waals surface area (Å²) >= 11 is 0. The highest BCUT2D eigenvalue weighted by Gasteiger charge is 2.33. The van der Waals surface area contributed by atoms with Gasteiger partial charge in [-0.2, -0.15) is 0 Å². The van der Waals surface area contributed by atoms with Crippen LogP contribution in [-0.2, 0) is 5.41 Å². The number of aryl methyl sites for hydroxylation is 2. The minimum absolute atomic E-state index is 0.332. The van der Waals surface area contributed by atoms with E-state index < -0.39 is 0 Å². The van der Waals surface area contributed by atoms with E-state index in [2.05, 4.69) is 39.8 Å². The van der Waals surface area contributed by atoms with Gasteiger partial charge in [-0.25, -0.2) is 0 Å². The van der Waals surface area contributed by atoms with Gasteiger partial charge in [0.1, 0.15) is 0 Å². The van der Waals surface area contributed by atoms with Crippen molar-refractivity contribution in [1.82, 2.24) is 0 Å². The first-order valence-corrected chi connectivity index (χ1v) is 6.77. The van der Waals surface area contributed by atoms with Crippen LogP contribution in [0.3, 0.4) is 0 Å². The molecule has 2 N–H and O–H groups in total. The van der Waals surface area contributed by atoms with Gasteiger partial charge in [-0.15, -0.1) is 0 Å². The number of rotatable bonds is 2. The minimum atomic E-state index is 0.332. The molecule has 0 amide bonds. The van der Waals surface area contributed by atoms with E-state index in [0.29, 0.717) is 11.3 Å². The molecule has 0 saturated heterocycles. The maximum absolute atomic E-state index is 5.76. The fraction of sp³-hybridized carbons (Fsp3) is 0.625. The number of fused-ring (bicyclic) bond motifs is 1. The second-order valence-electron chi connectivity index (χ2n) is 6.24. The van der Waals surface area contributed by atoms with E-state index >= 15 is 0 Å². The lowest BCUT2D eigenvalue weighted by Gasteiger charge is -2.38. The first-order valence-electron chi connectivity index (χ1n) is 6.77. The third kappa shape index (κ3) is 2.26. The van der Waals surface area contributed by atoms with Crippen molar-refractivity contribution in [2.24, 2.45) is 5.73 Å². The van der Waals surface area contributed by atoms with E-state index in [1.807, 2.05) is 0 Å². The largest absolute Gasteiger partial charge is 0.330 e. The van der Waals surface area contributed by atoms with Crippen LogP contribution in [0, 0.1) is 13.8 Å². The molecule has 0 fully saturated rings. The van der Waals surface area contributed by atoms with Gasteiger partial charge in [-0.1, -0.05) is 31.5 Å². The Morgan fingerprint density at radius 3 is 2.65 bits per heavy atom. The SMILES string of the molecule is Cc1cc(C)c2c(c1)C(CCN)CCC2(C)C. The van der Waals surface area contributed by atoms with Crippen molar-refractivity contribution in [3.05, 3.63) is 34.4 Å². The van der Waals surface area contributed by atoms with Crippen molar-refractivity contribution in [1.29, 1.82) is 0 Å². The second kappa shape index (κ2) is 4.45. The van der Waals surface area contributed by atoms with Crippen LogP contribution < -0.4 is 5.73 Å². The van der Waals surface area contributed by atoms with E-state index in [4.69, 9.17) is 5.73 Å². The van der Waals surface area contributed by atoms with Crippen LogP contribution >= 0.6 is 0 Å². The number of hydrogen-bond acceptors (Lipinski definition) is 1. The van der Waals surface area contributed by atoms with Crippen LogP contribution in [-0.4, -0.2) is 6.54 Å². The molecular formula is C16H25N. The summed E-state index contributed by atoms with van der Waals surface area (Å²) in [5, 5.41) is 0. The predicted molar refractivity (Wildman–Crippen MR) is 74.6 cm³/mol. The summed E-state index contributed by atoms with van der Waals surface area (Å²) in [5.41, 5.74) is 12.1. The monoisotopic (exact) mass is 231 g/mol. The Hall–Kier alpha value is -0.820. The zero-order valence-electron chi connectivity index (χ0n) is 11.6. The summed E-state index contributed by atoms with van der Waals surface area (Å²) in [6, 6.07) is 4.72. The lowest BCUT2D eigenvalue weighted by atomic mass is 9.66. The summed E-state index contributed by atoms with van der Waals surface area (Å²) in [4.78, 5) is 0. The summed E-state index contributed by atoms with van der Waals surface area (Å²) < 4.78 is 0. The summed E-state index contributed by atoms with van der Waals surface area (Å²) in [6.07, 6.45) is 3.71. The Balaban J connectivity index is 2.55. The molecular weight excluding hydrogens is 206 g/mol. The third-order valence-corrected chi connectivity index (χ3v) is 4.26. The Kier molecular flexibility index (Phi) is 3.31. The van der Waals surface area contributed by atoms with Gasteiger partial charge < -0.3 is 5.73 Å². The molecule has 0 aromatic heterocycles. The van der Waals surface area contributed by atoms with E-state index in [0.717, 1.165) is 13.0 Å². The summed E-state index contributed by atoms with van der Waals surface area (Å²) in [5.74, 6) is 0.682. The van der Waals surface area contributed by atoms with Crippen LogP contribution in [0.4, 0.5) is 0 Å². The smallest absolute Gasteiger partial charge is 0.00714 e. The number of nitrogens with two attached hydrogens (primary N) is 1. The fourth-order valence-corrected chi connectivity index (χ4v) is 3.56. The molecule has 2 rings (SSSR count). The predicted octanol–water partition coefficient (Wildman–Crippen LogP) is 3.81. The van der Waals surface area contributed by atoms with Crippen molar-refractivity contribution in [2.75, 3.05) is 6.54 Å². The lowest BCUT2D eigenvalue weighted by Crippen LogP contribution is -2.28. The average Bonchev–Trinajstić information content (AvgIpc) is 2.21. The molecule has 0 aliphatic heterocycles. The molecule has 1 aliphatic carbocycles.